The number of nitrogens with two attached hydrogens (primary N) is 1. The second-order valence-electron chi connectivity index (χ2n) is 5.61. The fourth-order valence-electron chi connectivity index (χ4n) is 2.86. The van der Waals surface area contributed by atoms with Gasteiger partial charge in [-0.15, -0.1) is 0 Å². The topological polar surface area (TPSA) is 63.4 Å². The van der Waals surface area contributed by atoms with Gasteiger partial charge in [-0.05, 0) is 17.0 Å². The number of benzene rings is 1. The second-order valence-corrected chi connectivity index (χ2v) is 5.61. The van der Waals surface area contributed by atoms with Crippen LogP contribution in [0, 0.1) is 0 Å². The molecule has 1 fully saturated rings. The quantitative estimate of drug-likeness (QED) is 0.892. The molecular formula is C15H20N2O2. The maximum absolute atomic E-state index is 12.0. The van der Waals surface area contributed by atoms with Crippen LogP contribution in [-0.4, -0.2) is 30.3 Å². The third-order valence-electron chi connectivity index (χ3n) is 3.96. The van der Waals surface area contributed by atoms with E-state index < -0.39 is 11.3 Å². The molecule has 0 aliphatic carbocycles. The van der Waals surface area contributed by atoms with Crippen LogP contribution in [0.4, 0.5) is 0 Å². The molecule has 2 amide bonds. The molecule has 4 heteroatoms. The molecule has 19 heavy (non-hydrogen) atoms. The Morgan fingerprint density at radius 1 is 1.37 bits per heavy atom. The van der Waals surface area contributed by atoms with Crippen LogP contribution in [0.5, 0.6) is 0 Å². The summed E-state index contributed by atoms with van der Waals surface area (Å²) in [7, 11) is 1.71. The number of rotatable bonds is 3. The summed E-state index contributed by atoms with van der Waals surface area (Å²) in [6, 6.07) is 7.78. The average Bonchev–Trinajstić information content (AvgIpc) is 2.67. The lowest BCUT2D eigenvalue weighted by atomic mass is 9.74. The van der Waals surface area contributed by atoms with Crippen molar-refractivity contribution in [3.05, 3.63) is 35.4 Å². The number of carbonyl (C=O) groups is 2. The maximum Gasteiger partial charge on any atom is 0.230 e. The lowest BCUT2D eigenvalue weighted by Gasteiger charge is -2.28. The lowest BCUT2D eigenvalue weighted by molar-refractivity contribution is -0.128. The first-order valence-electron chi connectivity index (χ1n) is 6.52. The van der Waals surface area contributed by atoms with Gasteiger partial charge in [-0.2, -0.15) is 0 Å². The Balaban J connectivity index is 2.59. The molecule has 1 aliphatic heterocycles. The SMILES string of the molecule is CC(C)c1ccccc1C1(C(N)=O)CC(=O)N(C)C1. The number of hydrogen-bond donors (Lipinski definition) is 1. The molecule has 1 aromatic carbocycles. The second kappa shape index (κ2) is 4.68. The Labute approximate surface area is 113 Å². The zero-order valence-corrected chi connectivity index (χ0v) is 11.6. The average molecular weight is 260 g/mol. The summed E-state index contributed by atoms with van der Waals surface area (Å²) < 4.78 is 0. The van der Waals surface area contributed by atoms with E-state index in [1.165, 1.54) is 0 Å². The lowest BCUT2D eigenvalue weighted by Crippen LogP contribution is -2.44. The minimum Gasteiger partial charge on any atom is -0.369 e. The Hall–Kier alpha value is -1.84. The van der Waals surface area contributed by atoms with Crippen LogP contribution in [-0.2, 0) is 15.0 Å². The van der Waals surface area contributed by atoms with Gasteiger partial charge >= 0.3 is 0 Å². The normalized spacial score (nSPS) is 23.2. The van der Waals surface area contributed by atoms with Crippen LogP contribution in [0.25, 0.3) is 0 Å². The third kappa shape index (κ3) is 2.11. The molecule has 2 N–H and O–H groups in total. The fraction of sp³-hybridized carbons (Fsp3) is 0.467. The van der Waals surface area contributed by atoms with E-state index in [2.05, 4.69) is 13.8 Å². The molecule has 1 heterocycles. The monoisotopic (exact) mass is 260 g/mol. The van der Waals surface area contributed by atoms with Gasteiger partial charge in [-0.3, -0.25) is 9.59 Å². The van der Waals surface area contributed by atoms with Crippen molar-refractivity contribution in [1.29, 1.82) is 0 Å². The van der Waals surface area contributed by atoms with Crippen molar-refractivity contribution in [1.82, 2.24) is 4.90 Å². The molecule has 1 saturated heterocycles. The molecule has 1 unspecified atom stereocenters. The van der Waals surface area contributed by atoms with E-state index in [4.69, 9.17) is 5.73 Å². The number of hydrogen-bond acceptors (Lipinski definition) is 2. The summed E-state index contributed by atoms with van der Waals surface area (Å²) >= 11 is 0. The Bertz CT molecular complexity index is 525. The molecule has 2 rings (SSSR count). The van der Waals surface area contributed by atoms with Gasteiger partial charge in [0.15, 0.2) is 0 Å². The smallest absolute Gasteiger partial charge is 0.230 e. The van der Waals surface area contributed by atoms with E-state index in [0.717, 1.165) is 11.1 Å². The van der Waals surface area contributed by atoms with Gasteiger partial charge in [0, 0.05) is 20.0 Å². The van der Waals surface area contributed by atoms with E-state index in [1.54, 1.807) is 11.9 Å². The van der Waals surface area contributed by atoms with Crippen LogP contribution >= 0.6 is 0 Å². The molecule has 102 valence electrons. The van der Waals surface area contributed by atoms with Gasteiger partial charge in [0.1, 0.15) is 5.41 Å². The molecule has 0 bridgehead atoms. The molecule has 0 aromatic heterocycles. The molecule has 1 atom stereocenters. The highest BCUT2D eigenvalue weighted by molar-refractivity contribution is 5.96. The van der Waals surface area contributed by atoms with E-state index in [1.807, 2.05) is 24.3 Å². The van der Waals surface area contributed by atoms with E-state index in [-0.39, 0.29) is 18.2 Å². The van der Waals surface area contributed by atoms with Crippen LogP contribution in [0.1, 0.15) is 37.3 Å². The number of primary amides is 1. The van der Waals surface area contributed by atoms with Crippen LogP contribution < -0.4 is 5.73 Å². The van der Waals surface area contributed by atoms with Crippen molar-refractivity contribution in [3.63, 3.8) is 0 Å². The summed E-state index contributed by atoms with van der Waals surface area (Å²) in [6.07, 6.45) is 0.169. The van der Waals surface area contributed by atoms with Crippen molar-refractivity contribution >= 4 is 11.8 Å². The van der Waals surface area contributed by atoms with Crippen molar-refractivity contribution < 1.29 is 9.59 Å². The van der Waals surface area contributed by atoms with Gasteiger partial charge in [0.05, 0.1) is 0 Å². The highest BCUT2D eigenvalue weighted by Gasteiger charge is 2.48. The Morgan fingerprint density at radius 3 is 2.47 bits per heavy atom. The standard InChI is InChI=1S/C15H20N2O2/c1-10(2)11-6-4-5-7-12(11)15(14(16)19)8-13(18)17(3)9-15/h4-7,10H,8-9H2,1-3H3,(H2,16,19). The molecule has 0 spiro atoms. The molecule has 1 aliphatic rings. The summed E-state index contributed by atoms with van der Waals surface area (Å²) in [5.74, 6) is -0.163. The van der Waals surface area contributed by atoms with Gasteiger partial charge in [-0.1, -0.05) is 38.1 Å². The highest BCUT2D eigenvalue weighted by atomic mass is 16.2. The highest BCUT2D eigenvalue weighted by Crippen LogP contribution is 2.38. The van der Waals surface area contributed by atoms with E-state index >= 15 is 0 Å². The van der Waals surface area contributed by atoms with E-state index in [9.17, 15) is 9.59 Å². The van der Waals surface area contributed by atoms with Crippen molar-refractivity contribution in [2.75, 3.05) is 13.6 Å². The molecule has 1 aromatic rings. The Kier molecular flexibility index (Phi) is 3.35. The van der Waals surface area contributed by atoms with Gasteiger partial charge in [0.25, 0.3) is 0 Å². The van der Waals surface area contributed by atoms with Gasteiger partial charge in [0.2, 0.25) is 11.8 Å². The first-order chi connectivity index (χ1) is 8.88. The van der Waals surface area contributed by atoms with Gasteiger partial charge < -0.3 is 10.6 Å². The number of amides is 2. The summed E-state index contributed by atoms with van der Waals surface area (Å²) in [6.45, 7) is 4.52. The predicted octanol–water partition coefficient (Wildman–Crippen LogP) is 1.40. The van der Waals surface area contributed by atoms with E-state index in [0.29, 0.717) is 6.54 Å². The van der Waals surface area contributed by atoms with Crippen molar-refractivity contribution in [2.45, 2.75) is 31.6 Å². The van der Waals surface area contributed by atoms with Gasteiger partial charge in [-0.25, -0.2) is 0 Å². The van der Waals surface area contributed by atoms with Crippen molar-refractivity contribution in [3.8, 4) is 0 Å². The molecular weight excluding hydrogens is 240 g/mol. The number of likely N-dealkylation sites (tertiary alicyclic amines) is 1. The first-order valence-corrected chi connectivity index (χ1v) is 6.52. The zero-order valence-electron chi connectivity index (χ0n) is 11.6. The predicted molar refractivity (Wildman–Crippen MR) is 73.7 cm³/mol. The minimum absolute atomic E-state index is 0.0302. The zero-order chi connectivity index (χ0) is 14.2. The number of carbonyl (C=O) groups excluding carboxylic acids is 2. The molecule has 4 nitrogen and oxygen atoms in total. The number of likely N-dealkylation sites (N-methyl/N-ethyl adjacent to an activating group) is 1. The first kappa shape index (κ1) is 13.6. The summed E-state index contributed by atoms with van der Waals surface area (Å²) in [4.78, 5) is 25.5. The molecule has 0 saturated carbocycles. The van der Waals surface area contributed by atoms with Crippen molar-refractivity contribution in [2.24, 2.45) is 5.73 Å². The molecule has 0 radical (unpaired) electrons. The summed E-state index contributed by atoms with van der Waals surface area (Å²) in [5, 5.41) is 0. The summed E-state index contributed by atoms with van der Waals surface area (Å²) in [5.41, 5.74) is 6.74. The minimum atomic E-state index is -0.882. The largest absolute Gasteiger partial charge is 0.369 e. The number of nitrogens with zero attached hydrogens (tertiary/aromatic N) is 1. The van der Waals surface area contributed by atoms with Crippen LogP contribution in [0.3, 0.4) is 0 Å². The third-order valence-corrected chi connectivity index (χ3v) is 3.96. The van der Waals surface area contributed by atoms with Crippen LogP contribution in [0.15, 0.2) is 24.3 Å². The fourth-order valence-corrected chi connectivity index (χ4v) is 2.86. The van der Waals surface area contributed by atoms with Crippen LogP contribution in [0.2, 0.25) is 0 Å². The maximum atomic E-state index is 12.0. The Morgan fingerprint density at radius 2 is 2.00 bits per heavy atom.